The molecule has 1 N–H and O–H groups in total. The first kappa shape index (κ1) is 19.8. The molecule has 0 spiro atoms. The van der Waals surface area contributed by atoms with Crippen molar-refractivity contribution >= 4 is 44.8 Å². The van der Waals surface area contributed by atoms with Gasteiger partial charge in [-0.3, -0.25) is 14.9 Å². The smallest absolute Gasteiger partial charge is 0.276 e. The van der Waals surface area contributed by atoms with Gasteiger partial charge in [0.2, 0.25) is 0 Å². The lowest BCUT2D eigenvalue weighted by Crippen LogP contribution is -2.15. The van der Waals surface area contributed by atoms with E-state index in [1.807, 2.05) is 0 Å². The highest BCUT2D eigenvalue weighted by Gasteiger charge is 2.14. The number of ether oxygens (including phenoxy) is 1. The molecule has 0 aliphatic carbocycles. The van der Waals surface area contributed by atoms with Crippen LogP contribution in [0, 0.1) is 17.0 Å². The minimum atomic E-state index is -0.488. The van der Waals surface area contributed by atoms with Gasteiger partial charge < -0.3 is 10.1 Å². The third-order valence-corrected chi connectivity index (χ3v) is 4.58. The lowest BCUT2D eigenvalue weighted by Gasteiger charge is -2.08. The average Bonchev–Trinajstić information content (AvgIpc) is 3.11. The zero-order valence-corrected chi connectivity index (χ0v) is 16.9. The minimum absolute atomic E-state index is 0.0384. The lowest BCUT2D eigenvalue weighted by atomic mass is 10.1. The summed E-state index contributed by atoms with van der Waals surface area (Å²) in [5, 5.41) is 18.1. The molecule has 144 valence electrons. The SMILES string of the molecule is Cc1cc([N+](=O)[O-])ccc1NC(=O)c1ccn(COc2ccc(Br)cc2Cl)n1. The topological polar surface area (TPSA) is 99.3 Å². The van der Waals surface area contributed by atoms with E-state index in [0.29, 0.717) is 22.0 Å². The molecule has 1 aromatic heterocycles. The number of amides is 1. The number of halogens is 2. The van der Waals surface area contributed by atoms with Crippen LogP contribution >= 0.6 is 27.5 Å². The Morgan fingerprint density at radius 2 is 2.11 bits per heavy atom. The Morgan fingerprint density at radius 3 is 2.79 bits per heavy atom. The van der Waals surface area contributed by atoms with Crippen molar-refractivity contribution in [1.29, 1.82) is 0 Å². The van der Waals surface area contributed by atoms with Crippen molar-refractivity contribution in [3.63, 3.8) is 0 Å². The summed E-state index contributed by atoms with van der Waals surface area (Å²) in [7, 11) is 0. The second-order valence-corrected chi connectivity index (χ2v) is 7.12. The second-order valence-electron chi connectivity index (χ2n) is 5.80. The number of hydrogen-bond donors (Lipinski definition) is 1. The van der Waals surface area contributed by atoms with Crippen LogP contribution in [-0.4, -0.2) is 20.6 Å². The van der Waals surface area contributed by atoms with Gasteiger partial charge in [-0.1, -0.05) is 27.5 Å². The first-order valence-electron chi connectivity index (χ1n) is 8.01. The summed E-state index contributed by atoms with van der Waals surface area (Å²) in [6, 6.07) is 11.0. The van der Waals surface area contributed by atoms with Crippen molar-refractivity contribution in [3.05, 3.63) is 79.5 Å². The monoisotopic (exact) mass is 464 g/mol. The highest BCUT2D eigenvalue weighted by atomic mass is 79.9. The number of nitro groups is 1. The van der Waals surface area contributed by atoms with Gasteiger partial charge >= 0.3 is 0 Å². The van der Waals surface area contributed by atoms with Gasteiger partial charge in [-0.15, -0.1) is 0 Å². The minimum Gasteiger partial charge on any atom is -0.470 e. The van der Waals surface area contributed by atoms with Gasteiger partial charge in [-0.05, 0) is 42.8 Å². The Labute approximate surface area is 173 Å². The molecule has 2 aromatic carbocycles. The molecule has 28 heavy (non-hydrogen) atoms. The summed E-state index contributed by atoms with van der Waals surface area (Å²) in [5.41, 5.74) is 1.20. The predicted octanol–water partition coefficient (Wildman–Crippen LogP) is 4.80. The molecule has 0 fully saturated rings. The van der Waals surface area contributed by atoms with Crippen LogP contribution in [0.4, 0.5) is 11.4 Å². The average molecular weight is 466 g/mol. The zero-order valence-electron chi connectivity index (χ0n) is 14.6. The summed E-state index contributed by atoms with van der Waals surface area (Å²) < 4.78 is 7.89. The van der Waals surface area contributed by atoms with Crippen molar-refractivity contribution in [2.24, 2.45) is 0 Å². The van der Waals surface area contributed by atoms with E-state index in [1.54, 1.807) is 37.4 Å². The number of hydrogen-bond acceptors (Lipinski definition) is 5. The number of carbonyl (C=O) groups excluding carboxylic acids is 1. The van der Waals surface area contributed by atoms with Gasteiger partial charge in [0, 0.05) is 28.5 Å². The molecule has 3 rings (SSSR count). The van der Waals surface area contributed by atoms with E-state index in [2.05, 4.69) is 26.3 Å². The zero-order chi connectivity index (χ0) is 20.3. The Hall–Kier alpha value is -2.91. The predicted molar refractivity (Wildman–Crippen MR) is 108 cm³/mol. The number of non-ortho nitro benzene ring substituents is 1. The van der Waals surface area contributed by atoms with Crippen molar-refractivity contribution in [3.8, 4) is 5.75 Å². The molecule has 3 aromatic rings. The maximum absolute atomic E-state index is 12.4. The van der Waals surface area contributed by atoms with Gasteiger partial charge in [0.1, 0.15) is 5.75 Å². The maximum atomic E-state index is 12.4. The van der Waals surface area contributed by atoms with E-state index in [4.69, 9.17) is 16.3 Å². The second kappa shape index (κ2) is 8.41. The number of aryl methyl sites for hydroxylation is 1. The normalized spacial score (nSPS) is 10.5. The van der Waals surface area contributed by atoms with Crippen LogP contribution in [-0.2, 0) is 6.73 Å². The quantitative estimate of drug-likeness (QED) is 0.416. The lowest BCUT2D eigenvalue weighted by molar-refractivity contribution is -0.384. The van der Waals surface area contributed by atoms with E-state index in [1.165, 1.54) is 22.9 Å². The highest BCUT2D eigenvalue weighted by Crippen LogP contribution is 2.28. The van der Waals surface area contributed by atoms with Crippen LogP contribution in [0.25, 0.3) is 0 Å². The van der Waals surface area contributed by atoms with Gasteiger partial charge in [0.25, 0.3) is 11.6 Å². The summed E-state index contributed by atoms with van der Waals surface area (Å²) in [5.74, 6) is 0.0604. The number of carbonyl (C=O) groups is 1. The van der Waals surface area contributed by atoms with Crippen LogP contribution in [0.15, 0.2) is 53.1 Å². The van der Waals surface area contributed by atoms with Crippen LogP contribution in [0.2, 0.25) is 5.02 Å². The summed E-state index contributed by atoms with van der Waals surface area (Å²) in [6.45, 7) is 1.75. The summed E-state index contributed by atoms with van der Waals surface area (Å²) >= 11 is 9.42. The molecule has 0 atom stereocenters. The molecule has 0 radical (unpaired) electrons. The molecule has 0 unspecified atom stereocenters. The fourth-order valence-electron chi connectivity index (χ4n) is 2.37. The number of benzene rings is 2. The van der Waals surface area contributed by atoms with Crippen LogP contribution < -0.4 is 10.1 Å². The highest BCUT2D eigenvalue weighted by molar-refractivity contribution is 9.10. The van der Waals surface area contributed by atoms with E-state index < -0.39 is 10.8 Å². The van der Waals surface area contributed by atoms with Crippen LogP contribution in [0.5, 0.6) is 5.75 Å². The van der Waals surface area contributed by atoms with E-state index in [0.717, 1.165) is 4.47 Å². The molecular formula is C18H14BrClN4O4. The molecule has 0 saturated heterocycles. The Balaban J connectivity index is 1.64. The van der Waals surface area contributed by atoms with E-state index >= 15 is 0 Å². The third-order valence-electron chi connectivity index (χ3n) is 3.79. The van der Waals surface area contributed by atoms with Crippen molar-refractivity contribution in [2.45, 2.75) is 13.7 Å². The number of nitrogens with zero attached hydrogens (tertiary/aromatic N) is 3. The molecule has 0 bridgehead atoms. The molecule has 0 aliphatic rings. The Kier molecular flexibility index (Phi) is 5.96. The fraction of sp³-hybridized carbons (Fsp3) is 0.111. The largest absolute Gasteiger partial charge is 0.470 e. The number of aromatic nitrogens is 2. The number of nitro benzene ring substituents is 1. The summed E-state index contributed by atoms with van der Waals surface area (Å²) in [4.78, 5) is 22.7. The molecule has 1 amide bonds. The molecule has 1 heterocycles. The van der Waals surface area contributed by atoms with Gasteiger partial charge in [0.15, 0.2) is 12.4 Å². The standard InChI is InChI=1S/C18H14BrClN4O4/c1-11-8-13(24(26)27)3-4-15(11)21-18(25)16-6-7-23(22-16)10-28-17-5-2-12(19)9-14(17)20/h2-9H,10H2,1H3,(H,21,25). The third kappa shape index (κ3) is 4.68. The van der Waals surface area contributed by atoms with Gasteiger partial charge in [-0.25, -0.2) is 4.68 Å². The fourth-order valence-corrected chi connectivity index (χ4v) is 3.10. The number of anilines is 1. The number of rotatable bonds is 6. The van der Waals surface area contributed by atoms with Crippen LogP contribution in [0.3, 0.4) is 0 Å². The summed E-state index contributed by atoms with van der Waals surface area (Å²) in [6.07, 6.45) is 1.60. The van der Waals surface area contributed by atoms with Gasteiger partial charge in [-0.2, -0.15) is 5.10 Å². The molecule has 8 nitrogen and oxygen atoms in total. The first-order valence-corrected chi connectivity index (χ1v) is 9.18. The van der Waals surface area contributed by atoms with Crippen LogP contribution in [0.1, 0.15) is 16.1 Å². The van der Waals surface area contributed by atoms with Crippen molar-refractivity contribution < 1.29 is 14.5 Å². The van der Waals surface area contributed by atoms with Crippen molar-refractivity contribution in [2.75, 3.05) is 5.32 Å². The molecular weight excluding hydrogens is 452 g/mol. The molecule has 0 aliphatic heterocycles. The maximum Gasteiger partial charge on any atom is 0.276 e. The Morgan fingerprint density at radius 1 is 1.32 bits per heavy atom. The van der Waals surface area contributed by atoms with Crippen molar-refractivity contribution in [1.82, 2.24) is 9.78 Å². The van der Waals surface area contributed by atoms with E-state index in [9.17, 15) is 14.9 Å². The molecule has 0 saturated carbocycles. The Bertz CT molecular complexity index is 1050. The van der Waals surface area contributed by atoms with E-state index in [-0.39, 0.29) is 18.1 Å². The number of nitrogens with one attached hydrogen (secondary N) is 1. The first-order chi connectivity index (χ1) is 13.3. The van der Waals surface area contributed by atoms with Gasteiger partial charge in [0.05, 0.1) is 9.95 Å². The molecule has 10 heteroatoms.